The van der Waals surface area contributed by atoms with Crippen LogP contribution in [0.3, 0.4) is 0 Å². The monoisotopic (exact) mass is 331 g/mol. The Morgan fingerprint density at radius 2 is 1.96 bits per heavy atom. The number of anilines is 1. The highest BCUT2D eigenvalue weighted by Crippen LogP contribution is 2.32. The second-order valence-corrected chi connectivity index (χ2v) is 7.46. The molecule has 0 bridgehead atoms. The predicted molar refractivity (Wildman–Crippen MR) is 91.8 cm³/mol. The van der Waals surface area contributed by atoms with Gasteiger partial charge in [-0.3, -0.25) is 4.79 Å². The molecule has 1 atom stereocenters. The van der Waals surface area contributed by atoms with Gasteiger partial charge in [0.25, 0.3) is 0 Å². The van der Waals surface area contributed by atoms with Crippen LogP contribution in [0.4, 0.5) is 5.13 Å². The van der Waals surface area contributed by atoms with Crippen LogP contribution in [0.25, 0.3) is 10.2 Å². The summed E-state index contributed by atoms with van der Waals surface area (Å²) in [5, 5.41) is 10.7. The summed E-state index contributed by atoms with van der Waals surface area (Å²) in [7, 11) is 0. The van der Waals surface area contributed by atoms with E-state index in [2.05, 4.69) is 11.0 Å². The number of aliphatic hydroxyl groups excluding tert-OH is 1. The molecule has 0 spiro atoms. The molecule has 1 amide bonds. The molecular formula is C17H21N3O2S. The van der Waals surface area contributed by atoms with Crippen molar-refractivity contribution in [2.45, 2.75) is 25.4 Å². The third kappa shape index (κ3) is 2.93. The van der Waals surface area contributed by atoms with Gasteiger partial charge < -0.3 is 14.9 Å². The Kier molecular flexibility index (Phi) is 3.95. The summed E-state index contributed by atoms with van der Waals surface area (Å²) in [6, 6.07) is 8.20. The van der Waals surface area contributed by atoms with Gasteiger partial charge in [0.1, 0.15) is 0 Å². The molecule has 1 N–H and O–H groups in total. The van der Waals surface area contributed by atoms with Gasteiger partial charge in [0, 0.05) is 32.1 Å². The van der Waals surface area contributed by atoms with Crippen LogP contribution in [-0.4, -0.2) is 53.2 Å². The molecule has 1 aromatic carbocycles. The molecular weight excluding hydrogens is 310 g/mol. The van der Waals surface area contributed by atoms with Gasteiger partial charge in [0.2, 0.25) is 5.91 Å². The van der Waals surface area contributed by atoms with Crippen molar-refractivity contribution in [1.29, 1.82) is 0 Å². The van der Waals surface area contributed by atoms with Crippen molar-refractivity contribution in [3.05, 3.63) is 24.3 Å². The minimum absolute atomic E-state index is 0.103. The Balaban J connectivity index is 1.39. The van der Waals surface area contributed by atoms with Crippen LogP contribution in [0.2, 0.25) is 0 Å². The highest BCUT2D eigenvalue weighted by molar-refractivity contribution is 7.22. The summed E-state index contributed by atoms with van der Waals surface area (Å²) >= 11 is 1.73. The molecule has 1 aromatic heterocycles. The summed E-state index contributed by atoms with van der Waals surface area (Å²) in [6.07, 6.45) is 2.14. The third-order valence-corrected chi connectivity index (χ3v) is 5.97. The zero-order valence-corrected chi connectivity index (χ0v) is 13.8. The largest absolute Gasteiger partial charge is 0.391 e. The Morgan fingerprint density at radius 3 is 2.65 bits per heavy atom. The lowest BCUT2D eigenvalue weighted by Gasteiger charge is -2.32. The summed E-state index contributed by atoms with van der Waals surface area (Å²) < 4.78 is 1.21. The van der Waals surface area contributed by atoms with Crippen LogP contribution in [0, 0.1) is 5.92 Å². The molecule has 0 radical (unpaired) electrons. The molecule has 2 fully saturated rings. The van der Waals surface area contributed by atoms with Gasteiger partial charge in [0.15, 0.2) is 5.13 Å². The van der Waals surface area contributed by atoms with Crippen LogP contribution < -0.4 is 4.90 Å². The SMILES string of the molecule is O=C(C1CCN(c2nc3ccccc3s2)CC1)N1CC[C@@H](O)C1. The van der Waals surface area contributed by atoms with E-state index in [1.54, 1.807) is 11.3 Å². The van der Waals surface area contributed by atoms with E-state index in [0.717, 1.165) is 43.0 Å². The summed E-state index contributed by atoms with van der Waals surface area (Å²) in [4.78, 5) is 21.4. The first-order chi connectivity index (χ1) is 11.2. The zero-order valence-electron chi connectivity index (χ0n) is 13.0. The van der Waals surface area contributed by atoms with E-state index in [0.29, 0.717) is 13.1 Å². The van der Waals surface area contributed by atoms with Crippen LogP contribution in [0.15, 0.2) is 24.3 Å². The van der Waals surface area contributed by atoms with Crippen LogP contribution >= 0.6 is 11.3 Å². The van der Waals surface area contributed by atoms with Crippen LogP contribution in [-0.2, 0) is 4.79 Å². The normalized spacial score (nSPS) is 22.9. The average molecular weight is 331 g/mol. The van der Waals surface area contributed by atoms with Crippen molar-refractivity contribution in [3.8, 4) is 0 Å². The number of rotatable bonds is 2. The van der Waals surface area contributed by atoms with Crippen LogP contribution in [0.1, 0.15) is 19.3 Å². The number of aliphatic hydroxyl groups is 1. The standard InChI is InChI=1S/C17H21N3O2S/c21-13-7-10-20(11-13)16(22)12-5-8-19(9-6-12)17-18-14-3-1-2-4-15(14)23-17/h1-4,12-13,21H,5-11H2/t13-/m1/s1. The minimum Gasteiger partial charge on any atom is -0.391 e. The second-order valence-electron chi connectivity index (χ2n) is 6.45. The van der Waals surface area contributed by atoms with Crippen molar-refractivity contribution in [1.82, 2.24) is 9.88 Å². The van der Waals surface area contributed by atoms with Gasteiger partial charge in [-0.15, -0.1) is 0 Å². The summed E-state index contributed by atoms with van der Waals surface area (Å²) in [5.41, 5.74) is 1.05. The number of carbonyl (C=O) groups is 1. The van der Waals surface area contributed by atoms with Crippen molar-refractivity contribution >= 4 is 32.6 Å². The number of para-hydroxylation sites is 1. The zero-order chi connectivity index (χ0) is 15.8. The molecule has 0 unspecified atom stereocenters. The Hall–Kier alpha value is -1.66. The molecule has 2 aliphatic rings. The van der Waals surface area contributed by atoms with E-state index in [1.807, 2.05) is 23.1 Å². The fourth-order valence-electron chi connectivity index (χ4n) is 3.51. The highest BCUT2D eigenvalue weighted by Gasteiger charge is 2.32. The van der Waals surface area contributed by atoms with E-state index in [4.69, 9.17) is 4.98 Å². The number of piperidine rings is 1. The number of β-amino-alcohol motifs (C(OH)–C–C–N with tert-alkyl or cyclic N) is 1. The lowest BCUT2D eigenvalue weighted by atomic mass is 9.95. The number of aromatic nitrogens is 1. The molecule has 2 aliphatic heterocycles. The number of carbonyl (C=O) groups excluding carboxylic acids is 1. The number of thiazole rings is 1. The topological polar surface area (TPSA) is 56.7 Å². The summed E-state index contributed by atoms with van der Waals surface area (Å²) in [6.45, 7) is 2.98. The van der Waals surface area contributed by atoms with E-state index in [9.17, 15) is 9.90 Å². The number of fused-ring (bicyclic) bond motifs is 1. The number of amides is 1. The lowest BCUT2D eigenvalue weighted by molar-refractivity contribution is -0.135. The van der Waals surface area contributed by atoms with E-state index >= 15 is 0 Å². The van der Waals surface area contributed by atoms with Crippen molar-refractivity contribution in [2.24, 2.45) is 5.92 Å². The first kappa shape index (κ1) is 14.9. The Morgan fingerprint density at radius 1 is 1.17 bits per heavy atom. The van der Waals surface area contributed by atoms with E-state index in [1.165, 1.54) is 4.70 Å². The Bertz CT molecular complexity index is 676. The number of benzene rings is 1. The maximum absolute atomic E-state index is 12.5. The van der Waals surface area contributed by atoms with E-state index in [-0.39, 0.29) is 17.9 Å². The van der Waals surface area contributed by atoms with Crippen molar-refractivity contribution < 1.29 is 9.90 Å². The Labute approximate surface area is 139 Å². The molecule has 6 heteroatoms. The van der Waals surface area contributed by atoms with E-state index < -0.39 is 0 Å². The van der Waals surface area contributed by atoms with Gasteiger partial charge in [-0.25, -0.2) is 4.98 Å². The fraction of sp³-hybridized carbons (Fsp3) is 0.529. The second kappa shape index (κ2) is 6.09. The van der Waals surface area contributed by atoms with Gasteiger partial charge in [-0.05, 0) is 31.4 Å². The molecule has 0 saturated carbocycles. The van der Waals surface area contributed by atoms with Gasteiger partial charge in [-0.1, -0.05) is 23.5 Å². The molecule has 3 heterocycles. The third-order valence-electron chi connectivity index (χ3n) is 4.87. The molecule has 2 aromatic rings. The van der Waals surface area contributed by atoms with Gasteiger partial charge in [-0.2, -0.15) is 0 Å². The maximum Gasteiger partial charge on any atom is 0.225 e. The molecule has 2 saturated heterocycles. The average Bonchev–Trinajstić information content (AvgIpc) is 3.20. The number of hydrogen-bond acceptors (Lipinski definition) is 5. The first-order valence-electron chi connectivity index (χ1n) is 8.28. The molecule has 4 rings (SSSR count). The van der Waals surface area contributed by atoms with Crippen LogP contribution in [0.5, 0.6) is 0 Å². The quantitative estimate of drug-likeness (QED) is 0.916. The molecule has 5 nitrogen and oxygen atoms in total. The van der Waals surface area contributed by atoms with Crippen molar-refractivity contribution in [2.75, 3.05) is 31.1 Å². The smallest absolute Gasteiger partial charge is 0.225 e. The van der Waals surface area contributed by atoms with Gasteiger partial charge in [0.05, 0.1) is 16.3 Å². The maximum atomic E-state index is 12.5. The molecule has 0 aliphatic carbocycles. The summed E-state index contributed by atoms with van der Waals surface area (Å²) in [5.74, 6) is 0.330. The predicted octanol–water partition coefficient (Wildman–Crippen LogP) is 2.11. The minimum atomic E-state index is -0.332. The lowest BCUT2D eigenvalue weighted by Crippen LogP contribution is -2.42. The molecule has 23 heavy (non-hydrogen) atoms. The fourth-order valence-corrected chi connectivity index (χ4v) is 4.53. The highest BCUT2D eigenvalue weighted by atomic mass is 32.1. The molecule has 122 valence electrons. The number of hydrogen-bond donors (Lipinski definition) is 1. The van der Waals surface area contributed by atoms with Crippen molar-refractivity contribution in [3.63, 3.8) is 0 Å². The van der Waals surface area contributed by atoms with Gasteiger partial charge >= 0.3 is 0 Å². The number of nitrogens with zero attached hydrogens (tertiary/aromatic N) is 3. The first-order valence-corrected chi connectivity index (χ1v) is 9.10. The number of likely N-dealkylation sites (tertiary alicyclic amines) is 1.